The Kier molecular flexibility index (Phi) is 6.56. The van der Waals surface area contributed by atoms with Crippen molar-refractivity contribution < 1.29 is 4.79 Å². The van der Waals surface area contributed by atoms with Gasteiger partial charge in [-0.1, -0.05) is 33.1 Å². The molecule has 0 spiro atoms. The maximum absolute atomic E-state index is 12.0. The fourth-order valence-electron chi connectivity index (χ4n) is 2.60. The quantitative estimate of drug-likeness (QED) is 0.701. The fourth-order valence-corrected chi connectivity index (χ4v) is 2.60. The van der Waals surface area contributed by atoms with Crippen molar-refractivity contribution in [2.24, 2.45) is 17.6 Å². The normalized spacial score (nSPS) is 29.0. The van der Waals surface area contributed by atoms with Crippen LogP contribution in [0.25, 0.3) is 0 Å². The number of rotatable bonds is 6. The van der Waals surface area contributed by atoms with E-state index in [0.717, 1.165) is 25.8 Å². The highest BCUT2D eigenvalue weighted by Crippen LogP contribution is 2.27. The number of hydrogen-bond donors (Lipinski definition) is 2. The molecule has 0 heterocycles. The van der Waals surface area contributed by atoms with E-state index < -0.39 is 0 Å². The zero-order valence-corrected chi connectivity index (χ0v) is 11.4. The standard InChI is InChI=1S/C14H28N2O/c1-3-4-5-6-9-16-14(17)12-10-11(2)7-8-13(12)15/h11-13H,3-10,15H2,1-2H3,(H,16,17). The maximum atomic E-state index is 12.0. The molecule has 1 fully saturated rings. The topological polar surface area (TPSA) is 55.1 Å². The molecule has 1 saturated carbocycles. The first-order valence-electron chi connectivity index (χ1n) is 7.18. The number of carbonyl (C=O) groups excluding carboxylic acids is 1. The largest absolute Gasteiger partial charge is 0.356 e. The van der Waals surface area contributed by atoms with Crippen molar-refractivity contribution in [2.45, 2.75) is 64.8 Å². The highest BCUT2D eigenvalue weighted by atomic mass is 16.1. The molecule has 3 nitrogen and oxygen atoms in total. The van der Waals surface area contributed by atoms with Crippen LogP contribution in [0.4, 0.5) is 0 Å². The second-order valence-corrected chi connectivity index (χ2v) is 5.54. The van der Waals surface area contributed by atoms with E-state index in [2.05, 4.69) is 19.2 Å². The molecular weight excluding hydrogens is 212 g/mol. The van der Waals surface area contributed by atoms with Gasteiger partial charge in [-0.25, -0.2) is 0 Å². The minimum Gasteiger partial charge on any atom is -0.356 e. The fraction of sp³-hybridized carbons (Fsp3) is 0.929. The van der Waals surface area contributed by atoms with Crippen LogP contribution in [0.3, 0.4) is 0 Å². The lowest BCUT2D eigenvalue weighted by Crippen LogP contribution is -2.45. The summed E-state index contributed by atoms with van der Waals surface area (Å²) in [6.07, 6.45) is 7.92. The summed E-state index contributed by atoms with van der Waals surface area (Å²) in [5, 5.41) is 3.04. The molecule has 0 aromatic heterocycles. The highest BCUT2D eigenvalue weighted by molar-refractivity contribution is 5.79. The molecule has 0 saturated heterocycles. The molecule has 0 aromatic carbocycles. The van der Waals surface area contributed by atoms with Gasteiger partial charge in [-0.15, -0.1) is 0 Å². The molecular formula is C14H28N2O. The van der Waals surface area contributed by atoms with Crippen LogP contribution in [0.2, 0.25) is 0 Å². The molecule has 1 aliphatic rings. The van der Waals surface area contributed by atoms with E-state index in [1.54, 1.807) is 0 Å². The average Bonchev–Trinajstić information content (AvgIpc) is 2.32. The molecule has 3 N–H and O–H groups in total. The van der Waals surface area contributed by atoms with E-state index in [-0.39, 0.29) is 17.9 Å². The Morgan fingerprint density at radius 1 is 1.29 bits per heavy atom. The summed E-state index contributed by atoms with van der Waals surface area (Å²) in [5.41, 5.74) is 6.03. The number of nitrogens with one attached hydrogen (secondary N) is 1. The Hall–Kier alpha value is -0.570. The van der Waals surface area contributed by atoms with Crippen LogP contribution in [0, 0.1) is 11.8 Å². The van der Waals surface area contributed by atoms with Crippen LogP contribution in [-0.4, -0.2) is 18.5 Å². The molecule has 1 aliphatic carbocycles. The van der Waals surface area contributed by atoms with Crippen LogP contribution in [-0.2, 0) is 4.79 Å². The Morgan fingerprint density at radius 2 is 2.06 bits per heavy atom. The lowest BCUT2D eigenvalue weighted by atomic mass is 9.79. The third-order valence-corrected chi connectivity index (χ3v) is 3.83. The van der Waals surface area contributed by atoms with Gasteiger partial charge in [0, 0.05) is 12.6 Å². The van der Waals surface area contributed by atoms with Crippen molar-refractivity contribution >= 4 is 5.91 Å². The van der Waals surface area contributed by atoms with E-state index in [1.807, 2.05) is 0 Å². The molecule has 1 amide bonds. The molecule has 3 heteroatoms. The summed E-state index contributed by atoms with van der Waals surface area (Å²) < 4.78 is 0. The average molecular weight is 240 g/mol. The van der Waals surface area contributed by atoms with Gasteiger partial charge >= 0.3 is 0 Å². The maximum Gasteiger partial charge on any atom is 0.224 e. The van der Waals surface area contributed by atoms with E-state index >= 15 is 0 Å². The zero-order chi connectivity index (χ0) is 12.7. The molecule has 0 bridgehead atoms. The summed E-state index contributed by atoms with van der Waals surface area (Å²) in [7, 11) is 0. The van der Waals surface area contributed by atoms with E-state index in [9.17, 15) is 4.79 Å². The van der Waals surface area contributed by atoms with Crippen LogP contribution in [0.1, 0.15) is 58.8 Å². The van der Waals surface area contributed by atoms with Gasteiger partial charge in [-0.3, -0.25) is 4.79 Å². The second kappa shape index (κ2) is 7.70. The van der Waals surface area contributed by atoms with E-state index in [4.69, 9.17) is 5.73 Å². The van der Waals surface area contributed by atoms with Gasteiger partial charge < -0.3 is 11.1 Å². The van der Waals surface area contributed by atoms with Crippen LogP contribution in [0.5, 0.6) is 0 Å². The summed E-state index contributed by atoms with van der Waals surface area (Å²) in [6, 6.07) is 0.0711. The van der Waals surface area contributed by atoms with Gasteiger partial charge in [-0.2, -0.15) is 0 Å². The predicted molar refractivity (Wildman–Crippen MR) is 71.6 cm³/mol. The van der Waals surface area contributed by atoms with Gasteiger partial charge in [0.2, 0.25) is 5.91 Å². The number of unbranched alkanes of at least 4 members (excludes halogenated alkanes) is 3. The minimum atomic E-state index is 0.0462. The van der Waals surface area contributed by atoms with E-state index in [0.29, 0.717) is 5.92 Å². The summed E-state index contributed by atoms with van der Waals surface area (Å²) in [4.78, 5) is 12.0. The van der Waals surface area contributed by atoms with Crippen molar-refractivity contribution in [2.75, 3.05) is 6.54 Å². The van der Waals surface area contributed by atoms with Gasteiger partial charge in [0.05, 0.1) is 5.92 Å². The number of hydrogen-bond acceptors (Lipinski definition) is 2. The summed E-state index contributed by atoms with van der Waals surface area (Å²) in [6.45, 7) is 5.23. The van der Waals surface area contributed by atoms with Crippen molar-refractivity contribution in [3.63, 3.8) is 0 Å². The number of carbonyl (C=O) groups is 1. The molecule has 100 valence electrons. The lowest BCUT2D eigenvalue weighted by molar-refractivity contribution is -0.126. The summed E-state index contributed by atoms with van der Waals surface area (Å²) in [5.74, 6) is 0.871. The Bertz CT molecular complexity index is 230. The van der Waals surface area contributed by atoms with Gasteiger partial charge in [0.25, 0.3) is 0 Å². The third kappa shape index (κ3) is 5.07. The molecule has 1 rings (SSSR count). The Balaban J connectivity index is 2.21. The molecule has 0 radical (unpaired) electrons. The molecule has 0 aliphatic heterocycles. The first kappa shape index (κ1) is 14.5. The van der Waals surface area contributed by atoms with Crippen LogP contribution in [0.15, 0.2) is 0 Å². The number of amides is 1. The van der Waals surface area contributed by atoms with Crippen molar-refractivity contribution in [1.82, 2.24) is 5.32 Å². The van der Waals surface area contributed by atoms with Gasteiger partial charge in [0.1, 0.15) is 0 Å². The zero-order valence-electron chi connectivity index (χ0n) is 11.4. The lowest BCUT2D eigenvalue weighted by Gasteiger charge is -2.31. The van der Waals surface area contributed by atoms with Crippen molar-refractivity contribution in [3.05, 3.63) is 0 Å². The van der Waals surface area contributed by atoms with E-state index in [1.165, 1.54) is 25.7 Å². The smallest absolute Gasteiger partial charge is 0.224 e. The molecule has 3 unspecified atom stereocenters. The van der Waals surface area contributed by atoms with Gasteiger partial charge in [0.15, 0.2) is 0 Å². The van der Waals surface area contributed by atoms with Crippen LogP contribution < -0.4 is 11.1 Å². The highest BCUT2D eigenvalue weighted by Gasteiger charge is 2.30. The van der Waals surface area contributed by atoms with Crippen molar-refractivity contribution in [1.29, 1.82) is 0 Å². The SMILES string of the molecule is CCCCCCNC(=O)C1CC(C)CCC1N. The monoisotopic (exact) mass is 240 g/mol. The molecule has 3 atom stereocenters. The number of nitrogens with two attached hydrogens (primary N) is 1. The minimum absolute atomic E-state index is 0.0462. The molecule has 17 heavy (non-hydrogen) atoms. The predicted octanol–water partition coefficient (Wildman–Crippen LogP) is 2.45. The molecule has 0 aromatic rings. The van der Waals surface area contributed by atoms with Crippen LogP contribution >= 0.6 is 0 Å². The van der Waals surface area contributed by atoms with Gasteiger partial charge in [-0.05, 0) is 31.6 Å². The second-order valence-electron chi connectivity index (χ2n) is 5.54. The Labute approximate surface area is 106 Å². The van der Waals surface area contributed by atoms with Crippen molar-refractivity contribution in [3.8, 4) is 0 Å². The summed E-state index contributed by atoms with van der Waals surface area (Å²) >= 11 is 0. The Morgan fingerprint density at radius 3 is 2.76 bits per heavy atom. The first-order chi connectivity index (χ1) is 8.15. The third-order valence-electron chi connectivity index (χ3n) is 3.83. The first-order valence-corrected chi connectivity index (χ1v) is 7.18.